The molecule has 0 fully saturated rings. The normalized spacial score (nSPS) is 21.2. The Bertz CT molecular complexity index is 592. The van der Waals surface area contributed by atoms with Crippen LogP contribution in [0.5, 0.6) is 0 Å². The monoisotopic (exact) mass is 305 g/mol. The molecule has 4 N–H and O–H groups in total. The first-order valence-electron chi connectivity index (χ1n) is 5.54. The minimum Gasteiger partial charge on any atom is -0.394 e. The fraction of sp³-hybridized carbons (Fsp3) is 0.455. The zero-order valence-corrected chi connectivity index (χ0v) is 11.4. The van der Waals surface area contributed by atoms with Crippen LogP contribution in [0.4, 0.5) is 0 Å². The van der Waals surface area contributed by atoms with Crippen LogP contribution in [0.2, 0.25) is 10.0 Å². The summed E-state index contributed by atoms with van der Waals surface area (Å²) in [6, 6.07) is 3.16. The quantitative estimate of drug-likeness (QED) is 0.665. The zero-order valence-electron chi connectivity index (χ0n) is 9.88. The van der Waals surface area contributed by atoms with E-state index in [1.165, 1.54) is 0 Å². The molecule has 1 aromatic carbocycles. The van der Waals surface area contributed by atoms with Crippen LogP contribution >= 0.6 is 23.2 Å². The third-order valence-electron chi connectivity index (χ3n) is 2.57. The Hall–Kier alpha value is -0.760. The van der Waals surface area contributed by atoms with Crippen LogP contribution in [0.15, 0.2) is 22.1 Å². The fourth-order valence-electron chi connectivity index (χ4n) is 1.64. The number of halogens is 2. The number of ether oxygens (including phenoxy) is 1. The molecule has 1 heterocycles. The highest BCUT2D eigenvalue weighted by Crippen LogP contribution is 2.14. The molecule has 2 rings (SSSR count). The first-order chi connectivity index (χ1) is 8.97. The number of benzene rings is 1. The maximum Gasteiger partial charge on any atom is 0.227 e. The van der Waals surface area contributed by atoms with Gasteiger partial charge in [0.25, 0.3) is 0 Å². The van der Waals surface area contributed by atoms with Gasteiger partial charge in [-0.25, -0.2) is 9.98 Å². The van der Waals surface area contributed by atoms with Gasteiger partial charge in [0.1, 0.15) is 18.1 Å². The predicted octanol–water partition coefficient (Wildman–Crippen LogP) is -0.771. The Kier molecular flexibility index (Phi) is 4.39. The van der Waals surface area contributed by atoms with Crippen LogP contribution in [0.25, 0.3) is 0 Å². The van der Waals surface area contributed by atoms with Crippen molar-refractivity contribution in [1.82, 2.24) is 0 Å². The average Bonchev–Trinajstić information content (AvgIpc) is 2.68. The molecule has 1 aromatic rings. The largest absolute Gasteiger partial charge is 0.394 e. The van der Waals surface area contributed by atoms with Gasteiger partial charge in [0.2, 0.25) is 5.79 Å². The minimum atomic E-state index is -1.32. The molecule has 0 aliphatic carbocycles. The van der Waals surface area contributed by atoms with Gasteiger partial charge in [0.05, 0.1) is 23.6 Å². The van der Waals surface area contributed by atoms with Crippen molar-refractivity contribution < 1.29 is 14.9 Å². The van der Waals surface area contributed by atoms with E-state index >= 15 is 0 Å². The molecule has 0 bridgehead atoms. The number of nitrogens with zero attached hydrogens (tertiary/aromatic N) is 2. The molecular weight excluding hydrogens is 293 g/mol. The summed E-state index contributed by atoms with van der Waals surface area (Å²) in [6.07, 6.45) is -0.714. The molecule has 6 nitrogen and oxygen atoms in total. The summed E-state index contributed by atoms with van der Waals surface area (Å²) < 4.78 is 5.24. The Morgan fingerprint density at radius 3 is 2.58 bits per heavy atom. The van der Waals surface area contributed by atoms with Crippen molar-refractivity contribution >= 4 is 23.2 Å². The molecule has 104 valence electrons. The predicted molar refractivity (Wildman–Crippen MR) is 69.6 cm³/mol. The van der Waals surface area contributed by atoms with Crippen molar-refractivity contribution in [2.75, 3.05) is 19.8 Å². The van der Waals surface area contributed by atoms with Crippen molar-refractivity contribution in [3.05, 3.63) is 32.9 Å². The number of aliphatic hydroxyl groups excluding tert-OH is 2. The van der Waals surface area contributed by atoms with Crippen LogP contribution < -0.4 is 16.4 Å². The van der Waals surface area contributed by atoms with Gasteiger partial charge < -0.3 is 14.9 Å². The third-order valence-corrected chi connectivity index (χ3v) is 3.07. The van der Waals surface area contributed by atoms with Gasteiger partial charge in [0, 0.05) is 5.02 Å². The summed E-state index contributed by atoms with van der Waals surface area (Å²) >= 11 is 11.9. The van der Waals surface area contributed by atoms with E-state index in [1.54, 1.807) is 12.1 Å². The molecule has 19 heavy (non-hydrogen) atoms. The number of rotatable bonds is 5. The number of fused-ring (bicyclic) bond motifs is 1. The molecular formula is C11H13Cl2N3O3. The lowest BCUT2D eigenvalue weighted by Crippen LogP contribution is -2.42. The van der Waals surface area contributed by atoms with Gasteiger partial charge in [-0.15, -0.1) is 0 Å². The highest BCUT2D eigenvalue weighted by atomic mass is 35.5. The lowest BCUT2D eigenvalue weighted by molar-refractivity contribution is -0.0365. The maximum atomic E-state index is 8.91. The van der Waals surface area contributed by atoms with E-state index in [1.807, 2.05) is 0 Å². The van der Waals surface area contributed by atoms with Gasteiger partial charge >= 0.3 is 0 Å². The summed E-state index contributed by atoms with van der Waals surface area (Å²) in [5, 5.41) is 19.6. The van der Waals surface area contributed by atoms with Crippen molar-refractivity contribution in [1.29, 1.82) is 0 Å². The Morgan fingerprint density at radius 1 is 1.26 bits per heavy atom. The van der Waals surface area contributed by atoms with E-state index in [4.69, 9.17) is 43.9 Å². The van der Waals surface area contributed by atoms with Crippen LogP contribution in [0.1, 0.15) is 0 Å². The summed E-state index contributed by atoms with van der Waals surface area (Å²) in [6.45, 7) is -0.709. The lowest BCUT2D eigenvalue weighted by Gasteiger charge is -2.20. The van der Waals surface area contributed by atoms with Crippen molar-refractivity contribution in [3.8, 4) is 0 Å². The van der Waals surface area contributed by atoms with Crippen molar-refractivity contribution in [2.45, 2.75) is 11.9 Å². The van der Waals surface area contributed by atoms with E-state index < -0.39 is 11.9 Å². The second kappa shape index (κ2) is 5.70. The molecule has 1 aliphatic rings. The standard InChI is InChI=1S/C11H13Cl2N3O3/c12-6-1-8(13)10-9(2-6)15-11(14,16-10)5-19-7(3-17)4-18/h1-2,7,17-18H,3-5,14H2. The van der Waals surface area contributed by atoms with Gasteiger partial charge in [-0.1, -0.05) is 23.2 Å². The minimum absolute atomic E-state index is 0.0819. The summed E-state index contributed by atoms with van der Waals surface area (Å²) in [7, 11) is 0. The highest BCUT2D eigenvalue weighted by Gasteiger charge is 2.28. The second-order valence-corrected chi connectivity index (χ2v) is 5.00. The van der Waals surface area contributed by atoms with Gasteiger partial charge in [-0.2, -0.15) is 0 Å². The summed E-state index contributed by atoms with van der Waals surface area (Å²) in [5.41, 5.74) is 5.96. The Labute approximate surface area is 119 Å². The van der Waals surface area contributed by atoms with Gasteiger partial charge in [-0.05, 0) is 12.1 Å². The Morgan fingerprint density at radius 2 is 1.95 bits per heavy atom. The first kappa shape index (κ1) is 14.6. The molecule has 0 saturated carbocycles. The average molecular weight is 306 g/mol. The van der Waals surface area contributed by atoms with E-state index in [2.05, 4.69) is 9.98 Å². The number of hydrogen-bond donors (Lipinski definition) is 3. The number of aliphatic hydroxyl groups is 2. The molecule has 8 heteroatoms. The van der Waals surface area contributed by atoms with Crippen LogP contribution in [-0.4, -0.2) is 41.9 Å². The molecule has 1 atom stereocenters. The second-order valence-electron chi connectivity index (χ2n) is 4.16. The highest BCUT2D eigenvalue weighted by molar-refractivity contribution is 6.34. The van der Waals surface area contributed by atoms with Crippen LogP contribution in [0.3, 0.4) is 0 Å². The van der Waals surface area contributed by atoms with Crippen molar-refractivity contribution in [2.24, 2.45) is 15.7 Å². The SMILES string of the molecule is NC1(COC(CO)CO)N=c2cc(Cl)cc(Cl)c2=N1. The van der Waals surface area contributed by atoms with E-state index in [9.17, 15) is 0 Å². The maximum absolute atomic E-state index is 8.91. The van der Waals surface area contributed by atoms with Crippen LogP contribution in [0, 0.1) is 0 Å². The number of hydrogen-bond acceptors (Lipinski definition) is 6. The zero-order chi connectivity index (χ0) is 14.0. The van der Waals surface area contributed by atoms with Gasteiger partial charge in [-0.3, -0.25) is 5.73 Å². The van der Waals surface area contributed by atoms with E-state index in [-0.39, 0.29) is 19.8 Å². The van der Waals surface area contributed by atoms with E-state index in [0.717, 1.165) is 0 Å². The molecule has 0 saturated heterocycles. The van der Waals surface area contributed by atoms with Crippen LogP contribution in [-0.2, 0) is 4.74 Å². The van der Waals surface area contributed by atoms with Crippen molar-refractivity contribution in [3.63, 3.8) is 0 Å². The third kappa shape index (κ3) is 3.22. The van der Waals surface area contributed by atoms with E-state index in [0.29, 0.717) is 20.8 Å². The van der Waals surface area contributed by atoms with Gasteiger partial charge in [0.15, 0.2) is 0 Å². The molecule has 0 radical (unpaired) electrons. The molecule has 0 aromatic heterocycles. The number of nitrogens with two attached hydrogens (primary N) is 1. The summed E-state index contributed by atoms with van der Waals surface area (Å²) in [5.74, 6) is -1.32. The molecule has 0 spiro atoms. The molecule has 0 amide bonds. The first-order valence-corrected chi connectivity index (χ1v) is 6.30. The Balaban J connectivity index is 2.24. The fourth-order valence-corrected chi connectivity index (χ4v) is 2.17. The molecule has 1 aliphatic heterocycles. The topological polar surface area (TPSA) is 100 Å². The lowest BCUT2D eigenvalue weighted by atomic mass is 10.3. The molecule has 1 unspecified atom stereocenters. The summed E-state index contributed by atoms with van der Waals surface area (Å²) in [4.78, 5) is 8.40. The smallest absolute Gasteiger partial charge is 0.227 e.